The van der Waals surface area contributed by atoms with E-state index in [0.29, 0.717) is 0 Å². The zero-order valence-corrected chi connectivity index (χ0v) is 22.5. The number of rotatable bonds is 3. The summed E-state index contributed by atoms with van der Waals surface area (Å²) in [6.07, 6.45) is 0. The van der Waals surface area contributed by atoms with Gasteiger partial charge in [0.1, 0.15) is 0 Å². The van der Waals surface area contributed by atoms with E-state index in [1.807, 2.05) is 0 Å². The van der Waals surface area contributed by atoms with Crippen LogP contribution in [0.1, 0.15) is 0 Å². The molecule has 37 heavy (non-hydrogen) atoms. The van der Waals surface area contributed by atoms with Crippen LogP contribution in [0.15, 0.2) is 121 Å². The molecule has 0 N–H and O–H groups in total. The Bertz CT molecular complexity index is 1610. The number of hydrogen-bond donors (Lipinski definition) is 0. The van der Waals surface area contributed by atoms with E-state index in [-0.39, 0.29) is 6.71 Å². The van der Waals surface area contributed by atoms with Crippen LogP contribution in [-0.2, 0) is 0 Å². The molecule has 2 aliphatic heterocycles. The molecule has 2 nitrogen and oxygen atoms in total. The fraction of sp³-hybridized carbons (Fsp3) is 0.0909. The van der Waals surface area contributed by atoms with Crippen molar-refractivity contribution in [3.05, 3.63) is 121 Å². The average Bonchev–Trinajstić information content (AvgIpc) is 2.93. The maximum atomic E-state index is 2.52. The number of para-hydroxylation sites is 3. The van der Waals surface area contributed by atoms with Gasteiger partial charge in [-0.05, 0) is 64.9 Å². The highest BCUT2D eigenvalue weighted by Gasteiger charge is 2.43. The molecule has 0 bridgehead atoms. The van der Waals surface area contributed by atoms with Crippen molar-refractivity contribution in [3.63, 3.8) is 0 Å². The third-order valence-corrected chi connectivity index (χ3v) is 9.84. The van der Waals surface area contributed by atoms with Crippen molar-refractivity contribution in [1.82, 2.24) is 0 Å². The predicted octanol–water partition coefficient (Wildman–Crippen LogP) is 6.31. The van der Waals surface area contributed by atoms with Crippen LogP contribution < -0.4 is 31.4 Å². The molecule has 0 aromatic heterocycles. The Morgan fingerprint density at radius 2 is 1.00 bits per heavy atom. The monoisotopic (exact) mass is 492 g/mol. The van der Waals surface area contributed by atoms with E-state index < -0.39 is 8.07 Å². The molecule has 0 saturated heterocycles. The average molecular weight is 493 g/mol. The molecule has 5 aromatic rings. The number of fused-ring (bicyclic) bond motifs is 4. The Hall–Kier alpha value is -4.02. The van der Waals surface area contributed by atoms with Crippen LogP contribution in [0.25, 0.3) is 0 Å². The molecular formula is C33H29BN2Si. The highest BCUT2D eigenvalue weighted by molar-refractivity contribution is 7.01. The number of benzene rings is 5. The summed E-state index contributed by atoms with van der Waals surface area (Å²) in [5.41, 5.74) is 11.6. The summed E-state index contributed by atoms with van der Waals surface area (Å²) in [4.78, 5) is 4.91. The maximum absolute atomic E-state index is 2.52. The van der Waals surface area contributed by atoms with Gasteiger partial charge in [0.25, 0.3) is 6.71 Å². The number of anilines is 6. The molecule has 0 aliphatic carbocycles. The molecule has 0 atom stereocenters. The summed E-state index contributed by atoms with van der Waals surface area (Å²) < 4.78 is 0. The van der Waals surface area contributed by atoms with Crippen LogP contribution in [0, 0.1) is 0 Å². The molecule has 0 fully saturated rings. The van der Waals surface area contributed by atoms with Crippen molar-refractivity contribution in [1.29, 1.82) is 0 Å². The minimum atomic E-state index is -1.51. The second-order valence-electron chi connectivity index (χ2n) is 11.1. The molecular weight excluding hydrogens is 463 g/mol. The smallest absolute Gasteiger partial charge is 0.252 e. The quantitative estimate of drug-likeness (QED) is 0.267. The van der Waals surface area contributed by atoms with Crippen LogP contribution in [0.3, 0.4) is 0 Å². The lowest BCUT2D eigenvalue weighted by molar-refractivity contribution is 1.25. The van der Waals surface area contributed by atoms with E-state index >= 15 is 0 Å². The van der Waals surface area contributed by atoms with E-state index in [2.05, 4.69) is 151 Å². The second kappa shape index (κ2) is 8.25. The fourth-order valence-electron chi connectivity index (χ4n) is 6.07. The highest BCUT2D eigenvalue weighted by atomic mass is 28.3. The van der Waals surface area contributed by atoms with Gasteiger partial charge in [-0.1, -0.05) is 97.6 Å². The first-order valence-corrected chi connectivity index (χ1v) is 16.6. The predicted molar refractivity (Wildman–Crippen MR) is 163 cm³/mol. The molecule has 7 rings (SSSR count). The molecule has 0 spiro atoms. The molecule has 0 amide bonds. The van der Waals surface area contributed by atoms with Crippen molar-refractivity contribution < 1.29 is 0 Å². The third kappa shape index (κ3) is 3.40. The van der Waals surface area contributed by atoms with Gasteiger partial charge < -0.3 is 9.80 Å². The van der Waals surface area contributed by atoms with Gasteiger partial charge in [-0.25, -0.2) is 0 Å². The Kier molecular flexibility index (Phi) is 4.95. The van der Waals surface area contributed by atoms with Crippen LogP contribution >= 0.6 is 0 Å². The van der Waals surface area contributed by atoms with Gasteiger partial charge in [0.05, 0.1) is 8.07 Å². The summed E-state index contributed by atoms with van der Waals surface area (Å²) in [5.74, 6) is 0. The van der Waals surface area contributed by atoms with E-state index in [1.165, 1.54) is 55.7 Å². The minimum Gasteiger partial charge on any atom is -0.311 e. The van der Waals surface area contributed by atoms with Crippen molar-refractivity contribution in [2.75, 3.05) is 9.80 Å². The first kappa shape index (κ1) is 22.2. The molecule has 5 aromatic carbocycles. The molecule has 0 saturated carbocycles. The first-order valence-electron chi connectivity index (χ1n) is 13.1. The molecule has 0 unspecified atom stereocenters. The topological polar surface area (TPSA) is 6.48 Å². The lowest BCUT2D eigenvalue weighted by Crippen LogP contribution is -2.62. The maximum Gasteiger partial charge on any atom is 0.252 e. The lowest BCUT2D eigenvalue weighted by Gasteiger charge is -2.44. The summed E-state index contributed by atoms with van der Waals surface area (Å²) in [6.45, 7) is 7.52. The molecule has 0 radical (unpaired) electrons. The van der Waals surface area contributed by atoms with Gasteiger partial charge in [-0.2, -0.15) is 0 Å². The van der Waals surface area contributed by atoms with Crippen molar-refractivity contribution in [2.24, 2.45) is 0 Å². The van der Waals surface area contributed by atoms with Crippen molar-refractivity contribution in [2.45, 2.75) is 19.6 Å². The van der Waals surface area contributed by atoms with Gasteiger partial charge in [0, 0.05) is 34.1 Å². The zero-order chi connectivity index (χ0) is 25.1. The Balaban J connectivity index is 1.58. The zero-order valence-electron chi connectivity index (χ0n) is 21.5. The van der Waals surface area contributed by atoms with Gasteiger partial charge in [-0.3, -0.25) is 0 Å². The lowest BCUT2D eigenvalue weighted by atomic mass is 9.33. The van der Waals surface area contributed by atoms with E-state index in [4.69, 9.17) is 0 Å². The van der Waals surface area contributed by atoms with E-state index in [0.717, 1.165) is 0 Å². The SMILES string of the molecule is C[Si](C)(C)c1ccc2c(c1)B1c3ccccc3N(c3ccccc3)c3cccc(c31)N2c1ccccc1. The van der Waals surface area contributed by atoms with Crippen molar-refractivity contribution >= 4 is 70.5 Å². The van der Waals surface area contributed by atoms with Crippen molar-refractivity contribution in [3.8, 4) is 0 Å². The molecule has 178 valence electrons. The van der Waals surface area contributed by atoms with E-state index in [9.17, 15) is 0 Å². The standard InChI is InChI=1S/C33H29BN2Si/c1-37(2,3)26-21-22-30-28(23-26)34-27-17-10-11-18-29(27)35(24-13-6-4-7-14-24)31-19-12-20-32(33(31)34)36(30)25-15-8-5-9-16-25/h4-23H,1-3H3. The van der Waals surface area contributed by atoms with Crippen LogP contribution in [0.4, 0.5) is 34.1 Å². The van der Waals surface area contributed by atoms with Crippen LogP contribution in [0.2, 0.25) is 19.6 Å². The number of hydrogen-bond acceptors (Lipinski definition) is 2. The highest BCUT2D eigenvalue weighted by Crippen LogP contribution is 2.43. The van der Waals surface area contributed by atoms with Gasteiger partial charge >= 0.3 is 0 Å². The van der Waals surface area contributed by atoms with Crippen LogP contribution in [-0.4, -0.2) is 14.8 Å². The summed E-state index contributed by atoms with van der Waals surface area (Å²) in [7, 11) is -1.51. The van der Waals surface area contributed by atoms with Gasteiger partial charge in [0.2, 0.25) is 0 Å². The second-order valence-corrected chi connectivity index (χ2v) is 16.1. The van der Waals surface area contributed by atoms with Crippen LogP contribution in [0.5, 0.6) is 0 Å². The Morgan fingerprint density at radius 1 is 0.486 bits per heavy atom. The summed E-state index contributed by atoms with van der Waals surface area (Å²) in [6, 6.07) is 44.7. The summed E-state index contributed by atoms with van der Waals surface area (Å²) in [5, 5.41) is 1.50. The largest absolute Gasteiger partial charge is 0.311 e. The Morgan fingerprint density at radius 3 is 1.59 bits per heavy atom. The van der Waals surface area contributed by atoms with E-state index in [1.54, 1.807) is 0 Å². The molecule has 4 heteroatoms. The fourth-order valence-corrected chi connectivity index (χ4v) is 7.24. The number of nitrogens with zero attached hydrogens (tertiary/aromatic N) is 2. The Labute approximate surface area is 220 Å². The van der Waals surface area contributed by atoms with Gasteiger partial charge in [-0.15, -0.1) is 0 Å². The third-order valence-electron chi connectivity index (χ3n) is 7.79. The molecule has 2 aliphatic rings. The molecule has 2 heterocycles. The minimum absolute atomic E-state index is 0.189. The van der Waals surface area contributed by atoms with Gasteiger partial charge in [0.15, 0.2) is 0 Å². The first-order chi connectivity index (χ1) is 18.0. The normalized spacial score (nSPS) is 13.6. The summed E-state index contributed by atoms with van der Waals surface area (Å²) >= 11 is 0.